The maximum absolute atomic E-state index is 12.7. The molecule has 3 aliphatic carbocycles. The average Bonchev–Trinajstić information content (AvgIpc) is 2.91. The second-order valence-corrected chi connectivity index (χ2v) is 9.07. The molecule has 0 saturated heterocycles. The molecule has 0 spiro atoms. The lowest BCUT2D eigenvalue weighted by atomic mass is 9.70. The normalized spacial score (nSPS) is 28.6. The number of Topliss-reactive ketones (excluding diaryl/α,β-unsaturated/α-hetero) is 1. The first-order chi connectivity index (χ1) is 15.0. The molecule has 0 radical (unpaired) electrons. The Kier molecular flexibility index (Phi) is 6.51. The molecule has 1 saturated carbocycles. The molecule has 31 heavy (non-hydrogen) atoms. The number of anilines is 1. The predicted molar refractivity (Wildman–Crippen MR) is 121 cm³/mol. The Labute approximate surface area is 184 Å². The molecule has 1 aromatic rings. The number of hydrogen-bond donors (Lipinski definition) is 2. The first-order valence-electron chi connectivity index (χ1n) is 11.5. The third-order valence-corrected chi connectivity index (χ3v) is 7.20. The minimum absolute atomic E-state index is 0.0768. The van der Waals surface area contributed by atoms with Crippen LogP contribution < -0.4 is 5.32 Å². The minimum Gasteiger partial charge on any atom is -0.385 e. The highest BCUT2D eigenvalue weighted by molar-refractivity contribution is 6.03. The Balaban J connectivity index is 1.49. The van der Waals surface area contributed by atoms with E-state index in [2.05, 4.69) is 22.5 Å². The molecule has 3 atom stereocenters. The van der Waals surface area contributed by atoms with Crippen LogP contribution in [0.1, 0.15) is 64.7 Å². The van der Waals surface area contributed by atoms with Gasteiger partial charge in [-0.2, -0.15) is 0 Å². The molecule has 1 fully saturated rings. The lowest BCUT2D eigenvalue weighted by Gasteiger charge is -2.40. The van der Waals surface area contributed by atoms with Crippen LogP contribution in [0.3, 0.4) is 0 Å². The van der Waals surface area contributed by atoms with E-state index in [-0.39, 0.29) is 17.7 Å². The number of fused-ring (bicyclic) bond motifs is 2. The lowest BCUT2D eigenvalue weighted by Crippen LogP contribution is -2.41. The third-order valence-electron chi connectivity index (χ3n) is 7.20. The fraction of sp³-hybridized carbons (Fsp3) is 0.500. The van der Waals surface area contributed by atoms with E-state index < -0.39 is 5.60 Å². The molecule has 0 aromatic carbocycles. The zero-order valence-corrected chi connectivity index (χ0v) is 18.3. The van der Waals surface area contributed by atoms with Crippen molar-refractivity contribution in [3.05, 3.63) is 59.5 Å². The Hall–Kier alpha value is -2.53. The van der Waals surface area contributed by atoms with Gasteiger partial charge in [-0.15, -0.1) is 0 Å². The molecular weight excluding hydrogens is 388 g/mol. The number of nitrogens with zero attached hydrogens (tertiary/aromatic N) is 1. The fourth-order valence-corrected chi connectivity index (χ4v) is 5.33. The van der Waals surface area contributed by atoms with Gasteiger partial charge in [-0.1, -0.05) is 30.7 Å². The molecule has 1 amide bonds. The number of aliphatic hydroxyl groups is 1. The summed E-state index contributed by atoms with van der Waals surface area (Å²) in [5.74, 6) is 0.596. The smallest absolute Gasteiger partial charge is 0.251 e. The first kappa shape index (κ1) is 21.7. The largest absolute Gasteiger partial charge is 0.385 e. The Bertz CT molecular complexity index is 931. The number of pyridine rings is 1. The van der Waals surface area contributed by atoms with Gasteiger partial charge in [0.2, 0.25) is 0 Å². The van der Waals surface area contributed by atoms with Gasteiger partial charge in [0, 0.05) is 24.6 Å². The SMILES string of the molecule is CC/C(=C\C[C@@H]1CCC=C2C=C3CCC(=O)CC3CC[C@@]21O)C(=O)Nc1cccnc1. The molecule has 5 nitrogen and oxygen atoms in total. The van der Waals surface area contributed by atoms with Gasteiger partial charge in [0.25, 0.3) is 5.91 Å². The molecular formula is C26H32N2O3. The van der Waals surface area contributed by atoms with Crippen molar-refractivity contribution in [3.8, 4) is 0 Å². The Morgan fingerprint density at radius 2 is 2.23 bits per heavy atom. The van der Waals surface area contributed by atoms with Crippen molar-refractivity contribution in [2.45, 2.75) is 70.3 Å². The number of ketones is 1. The van der Waals surface area contributed by atoms with E-state index >= 15 is 0 Å². The van der Waals surface area contributed by atoms with E-state index in [0.717, 1.165) is 36.8 Å². The highest BCUT2D eigenvalue weighted by Gasteiger charge is 2.43. The minimum atomic E-state index is -0.874. The van der Waals surface area contributed by atoms with Gasteiger partial charge in [-0.25, -0.2) is 0 Å². The third kappa shape index (κ3) is 4.72. The molecule has 1 aromatic heterocycles. The van der Waals surface area contributed by atoms with Crippen LogP contribution in [-0.2, 0) is 9.59 Å². The van der Waals surface area contributed by atoms with E-state index in [1.807, 2.05) is 19.1 Å². The quantitative estimate of drug-likeness (QED) is 0.664. The van der Waals surface area contributed by atoms with Crippen LogP contribution in [0, 0.1) is 11.8 Å². The van der Waals surface area contributed by atoms with Crippen LogP contribution in [0.25, 0.3) is 0 Å². The van der Waals surface area contributed by atoms with Crippen LogP contribution in [0.4, 0.5) is 5.69 Å². The molecule has 1 unspecified atom stereocenters. The number of amides is 1. The fourth-order valence-electron chi connectivity index (χ4n) is 5.33. The monoisotopic (exact) mass is 420 g/mol. The topological polar surface area (TPSA) is 79.3 Å². The standard InChI is InChI=1S/C26H32N2O3/c1-2-18(25(30)28-23-7-4-14-27-17-23)8-10-21-5-3-6-22-15-19-9-11-24(29)16-20(19)12-13-26(21,22)31/h4,6-8,14-15,17,20-21,31H,2-3,5,9-13,16H2,1H3,(H,28,30)/b18-8+/t20?,21-,26-/m0/s1. The van der Waals surface area contributed by atoms with Gasteiger partial charge in [0.15, 0.2) is 0 Å². The van der Waals surface area contributed by atoms with Crippen LogP contribution >= 0.6 is 0 Å². The molecule has 5 heteroatoms. The van der Waals surface area contributed by atoms with Crippen LogP contribution in [0.15, 0.2) is 59.5 Å². The number of rotatable bonds is 5. The number of carbonyl (C=O) groups excluding carboxylic acids is 2. The summed E-state index contributed by atoms with van der Waals surface area (Å²) in [7, 11) is 0. The van der Waals surface area contributed by atoms with Gasteiger partial charge < -0.3 is 10.4 Å². The Morgan fingerprint density at radius 1 is 1.35 bits per heavy atom. The summed E-state index contributed by atoms with van der Waals surface area (Å²) in [6.07, 6.45) is 16.5. The van der Waals surface area contributed by atoms with E-state index in [4.69, 9.17) is 0 Å². The predicted octanol–water partition coefficient (Wildman–Crippen LogP) is 4.90. The van der Waals surface area contributed by atoms with E-state index in [0.29, 0.717) is 43.6 Å². The summed E-state index contributed by atoms with van der Waals surface area (Å²) >= 11 is 0. The number of hydrogen-bond acceptors (Lipinski definition) is 4. The zero-order chi connectivity index (χ0) is 21.8. The first-order valence-corrected chi connectivity index (χ1v) is 11.5. The summed E-state index contributed by atoms with van der Waals surface area (Å²) < 4.78 is 0. The summed E-state index contributed by atoms with van der Waals surface area (Å²) in [6.45, 7) is 1.98. The van der Waals surface area contributed by atoms with E-state index in [1.165, 1.54) is 5.57 Å². The average molecular weight is 421 g/mol. The maximum Gasteiger partial charge on any atom is 0.251 e. The van der Waals surface area contributed by atoms with Gasteiger partial charge >= 0.3 is 0 Å². The lowest BCUT2D eigenvalue weighted by molar-refractivity contribution is -0.120. The van der Waals surface area contributed by atoms with Crippen molar-refractivity contribution in [3.63, 3.8) is 0 Å². The van der Waals surface area contributed by atoms with Gasteiger partial charge in [0.1, 0.15) is 5.78 Å². The van der Waals surface area contributed by atoms with Crippen LogP contribution in [0.2, 0.25) is 0 Å². The summed E-state index contributed by atoms with van der Waals surface area (Å²) in [5, 5.41) is 14.7. The van der Waals surface area contributed by atoms with Crippen molar-refractivity contribution >= 4 is 17.4 Å². The number of carbonyl (C=O) groups is 2. The number of nitrogens with one attached hydrogen (secondary N) is 1. The number of allylic oxidation sites excluding steroid dienone is 3. The molecule has 0 aliphatic heterocycles. The van der Waals surface area contributed by atoms with E-state index in [9.17, 15) is 14.7 Å². The van der Waals surface area contributed by atoms with Gasteiger partial charge in [0.05, 0.1) is 17.5 Å². The van der Waals surface area contributed by atoms with Crippen molar-refractivity contribution in [2.75, 3.05) is 5.32 Å². The van der Waals surface area contributed by atoms with Crippen molar-refractivity contribution in [1.29, 1.82) is 0 Å². The summed E-state index contributed by atoms with van der Waals surface area (Å²) in [6, 6.07) is 3.62. The molecule has 3 aliphatic rings. The summed E-state index contributed by atoms with van der Waals surface area (Å²) in [4.78, 5) is 28.7. The molecule has 1 heterocycles. The molecule has 164 valence electrons. The number of aromatic nitrogens is 1. The summed E-state index contributed by atoms with van der Waals surface area (Å²) in [5.41, 5.74) is 2.90. The molecule has 4 rings (SSSR count). The van der Waals surface area contributed by atoms with Crippen molar-refractivity contribution in [1.82, 2.24) is 4.98 Å². The molecule has 0 bridgehead atoms. The second-order valence-electron chi connectivity index (χ2n) is 9.07. The van der Waals surface area contributed by atoms with Crippen LogP contribution in [-0.4, -0.2) is 27.4 Å². The zero-order valence-electron chi connectivity index (χ0n) is 18.3. The Morgan fingerprint density at radius 3 is 3.00 bits per heavy atom. The van der Waals surface area contributed by atoms with Gasteiger partial charge in [-0.3, -0.25) is 14.6 Å². The van der Waals surface area contributed by atoms with Crippen molar-refractivity contribution < 1.29 is 14.7 Å². The van der Waals surface area contributed by atoms with Gasteiger partial charge in [-0.05, 0) is 74.5 Å². The second kappa shape index (κ2) is 9.31. The van der Waals surface area contributed by atoms with Crippen molar-refractivity contribution in [2.24, 2.45) is 11.8 Å². The van der Waals surface area contributed by atoms with Crippen LogP contribution in [0.5, 0.6) is 0 Å². The van der Waals surface area contributed by atoms with E-state index in [1.54, 1.807) is 18.5 Å². The maximum atomic E-state index is 12.7. The molecule has 2 N–H and O–H groups in total. The highest BCUT2D eigenvalue weighted by atomic mass is 16.3. The highest BCUT2D eigenvalue weighted by Crippen LogP contribution is 2.47.